The molecule has 2 fully saturated rings. The minimum absolute atomic E-state index is 0.228. The van der Waals surface area contributed by atoms with Crippen LogP contribution in [0.4, 0.5) is 0 Å². The molecule has 1 atom stereocenters. The van der Waals surface area contributed by atoms with Gasteiger partial charge in [0.2, 0.25) is 0 Å². The highest BCUT2D eigenvalue weighted by Crippen LogP contribution is 2.29. The molecule has 2 aliphatic rings. The van der Waals surface area contributed by atoms with Crippen LogP contribution in [-0.2, 0) is 14.6 Å². The Hall–Kier alpha value is -0.620. The Bertz CT molecular complexity index is 386. The molecular weight excluding hydrogens is 242 g/mol. The second-order valence-electron chi connectivity index (χ2n) is 5.22. The molecule has 0 aromatic rings. The molecule has 2 saturated heterocycles. The highest BCUT2D eigenvalue weighted by atomic mass is 32.2. The predicted molar refractivity (Wildman–Crippen MR) is 63.5 cm³/mol. The molecular formula is C11H19NO4S. The highest BCUT2D eigenvalue weighted by Gasteiger charge is 2.39. The highest BCUT2D eigenvalue weighted by molar-refractivity contribution is 7.91. The summed E-state index contributed by atoms with van der Waals surface area (Å²) in [6.07, 6.45) is 1.41. The van der Waals surface area contributed by atoms with Crippen molar-refractivity contribution < 1.29 is 18.3 Å². The van der Waals surface area contributed by atoms with Crippen molar-refractivity contribution in [3.05, 3.63) is 0 Å². The molecule has 0 aliphatic carbocycles. The number of nitrogens with zero attached hydrogens (tertiary/aromatic N) is 1. The Kier molecular flexibility index (Phi) is 3.45. The molecule has 0 amide bonds. The Morgan fingerprint density at radius 2 is 1.82 bits per heavy atom. The van der Waals surface area contributed by atoms with Gasteiger partial charge in [0.15, 0.2) is 0 Å². The normalized spacial score (nSPS) is 28.5. The van der Waals surface area contributed by atoms with Crippen molar-refractivity contribution in [3.63, 3.8) is 0 Å². The number of rotatable bonds is 3. The van der Waals surface area contributed by atoms with Gasteiger partial charge in [-0.15, -0.1) is 0 Å². The third kappa shape index (κ3) is 2.80. The van der Waals surface area contributed by atoms with E-state index in [0.29, 0.717) is 18.9 Å². The van der Waals surface area contributed by atoms with Crippen LogP contribution >= 0.6 is 0 Å². The van der Waals surface area contributed by atoms with Gasteiger partial charge in [-0.05, 0) is 18.8 Å². The smallest absolute Gasteiger partial charge is 0.306 e. The fraction of sp³-hybridized carbons (Fsp3) is 0.909. The van der Waals surface area contributed by atoms with Crippen LogP contribution in [0.1, 0.15) is 19.8 Å². The molecule has 2 heterocycles. The van der Waals surface area contributed by atoms with Gasteiger partial charge in [-0.25, -0.2) is 8.42 Å². The van der Waals surface area contributed by atoms with E-state index in [0.717, 1.165) is 13.1 Å². The summed E-state index contributed by atoms with van der Waals surface area (Å²) in [4.78, 5) is 13.0. The van der Waals surface area contributed by atoms with Crippen LogP contribution in [0, 0.1) is 11.8 Å². The van der Waals surface area contributed by atoms with Crippen molar-refractivity contribution in [3.8, 4) is 0 Å². The third-order valence-corrected chi connectivity index (χ3v) is 5.79. The maximum Gasteiger partial charge on any atom is 0.306 e. The van der Waals surface area contributed by atoms with Gasteiger partial charge in [0.05, 0.1) is 17.4 Å². The molecule has 1 N–H and O–H groups in total. The standard InChI is InChI=1S/C11H19NO4S/c1-8(11(13)14)9-6-12(7-9)10-2-4-17(15,16)5-3-10/h8-10H,2-7H2,1H3,(H,13,14). The fourth-order valence-corrected chi connectivity index (χ4v) is 4.07. The number of likely N-dealkylation sites (tertiary alicyclic amines) is 1. The lowest BCUT2D eigenvalue weighted by atomic mass is 9.85. The van der Waals surface area contributed by atoms with Gasteiger partial charge < -0.3 is 5.11 Å². The summed E-state index contributed by atoms with van der Waals surface area (Å²) in [5, 5.41) is 8.88. The van der Waals surface area contributed by atoms with Gasteiger partial charge in [0, 0.05) is 19.1 Å². The van der Waals surface area contributed by atoms with Crippen molar-refractivity contribution in [1.82, 2.24) is 4.90 Å². The topological polar surface area (TPSA) is 74.7 Å². The first kappa shape index (κ1) is 12.8. The average Bonchev–Trinajstić information content (AvgIpc) is 2.17. The number of carboxylic acids is 1. The van der Waals surface area contributed by atoms with Crippen LogP contribution in [0.15, 0.2) is 0 Å². The van der Waals surface area contributed by atoms with Crippen LogP contribution in [0.3, 0.4) is 0 Å². The van der Waals surface area contributed by atoms with Gasteiger partial charge in [0.1, 0.15) is 9.84 Å². The first-order valence-corrected chi connectivity index (χ1v) is 7.88. The second kappa shape index (κ2) is 4.57. The van der Waals surface area contributed by atoms with Crippen molar-refractivity contribution in [2.75, 3.05) is 24.6 Å². The number of hydrogen-bond donors (Lipinski definition) is 1. The molecule has 0 bridgehead atoms. The Labute approximate surface area is 102 Å². The summed E-state index contributed by atoms with van der Waals surface area (Å²) in [5.41, 5.74) is 0. The Balaban J connectivity index is 1.79. The third-order valence-electron chi connectivity index (χ3n) is 4.08. The SMILES string of the molecule is CC(C(=O)O)C1CN(C2CCS(=O)(=O)CC2)C1. The van der Waals surface area contributed by atoms with Crippen LogP contribution in [0.25, 0.3) is 0 Å². The quantitative estimate of drug-likeness (QED) is 0.786. The van der Waals surface area contributed by atoms with Gasteiger partial charge in [-0.2, -0.15) is 0 Å². The Morgan fingerprint density at radius 1 is 1.29 bits per heavy atom. The molecule has 6 heteroatoms. The van der Waals surface area contributed by atoms with Crippen LogP contribution in [-0.4, -0.2) is 55.0 Å². The molecule has 2 rings (SSSR count). The van der Waals surface area contributed by atoms with Crippen molar-refractivity contribution in [2.24, 2.45) is 11.8 Å². The van der Waals surface area contributed by atoms with Crippen LogP contribution in [0.5, 0.6) is 0 Å². The monoisotopic (exact) mass is 261 g/mol. The van der Waals surface area contributed by atoms with E-state index < -0.39 is 15.8 Å². The molecule has 2 aliphatic heterocycles. The first-order chi connectivity index (χ1) is 7.89. The molecule has 0 aromatic carbocycles. The molecule has 0 saturated carbocycles. The van der Waals surface area contributed by atoms with Crippen molar-refractivity contribution in [1.29, 1.82) is 0 Å². The number of carboxylic acid groups (broad SMARTS) is 1. The summed E-state index contributed by atoms with van der Waals surface area (Å²) in [5.74, 6) is -0.230. The fourth-order valence-electron chi connectivity index (χ4n) is 2.61. The van der Waals surface area contributed by atoms with E-state index in [1.807, 2.05) is 0 Å². The van der Waals surface area contributed by atoms with E-state index in [4.69, 9.17) is 5.11 Å². The van der Waals surface area contributed by atoms with Gasteiger partial charge in [-0.3, -0.25) is 9.69 Å². The largest absolute Gasteiger partial charge is 0.481 e. The predicted octanol–water partition coefficient (Wildman–Crippen LogP) is 0.216. The zero-order valence-corrected chi connectivity index (χ0v) is 10.8. The molecule has 17 heavy (non-hydrogen) atoms. The van der Waals surface area contributed by atoms with Crippen LogP contribution < -0.4 is 0 Å². The number of carbonyl (C=O) groups is 1. The van der Waals surface area contributed by atoms with Crippen LogP contribution in [0.2, 0.25) is 0 Å². The summed E-state index contributed by atoms with van der Waals surface area (Å²) >= 11 is 0. The molecule has 98 valence electrons. The van der Waals surface area contributed by atoms with Gasteiger partial charge in [-0.1, -0.05) is 6.92 Å². The molecule has 1 unspecified atom stereocenters. The van der Waals surface area contributed by atoms with E-state index in [2.05, 4.69) is 4.90 Å². The second-order valence-corrected chi connectivity index (χ2v) is 7.53. The van der Waals surface area contributed by atoms with Gasteiger partial charge in [0.25, 0.3) is 0 Å². The summed E-state index contributed by atoms with van der Waals surface area (Å²) in [7, 11) is -2.80. The van der Waals surface area contributed by atoms with Crippen molar-refractivity contribution in [2.45, 2.75) is 25.8 Å². The molecule has 0 aromatic heterocycles. The number of aliphatic carboxylic acids is 1. The first-order valence-electron chi connectivity index (χ1n) is 6.06. The average molecular weight is 261 g/mol. The number of hydrogen-bond acceptors (Lipinski definition) is 4. The van der Waals surface area contributed by atoms with E-state index in [-0.39, 0.29) is 23.3 Å². The lowest BCUT2D eigenvalue weighted by Crippen LogP contribution is -2.56. The Morgan fingerprint density at radius 3 is 2.29 bits per heavy atom. The van der Waals surface area contributed by atoms with E-state index in [1.165, 1.54) is 0 Å². The maximum absolute atomic E-state index is 11.3. The van der Waals surface area contributed by atoms with E-state index >= 15 is 0 Å². The van der Waals surface area contributed by atoms with E-state index in [9.17, 15) is 13.2 Å². The van der Waals surface area contributed by atoms with Gasteiger partial charge >= 0.3 is 5.97 Å². The molecule has 0 radical (unpaired) electrons. The lowest BCUT2D eigenvalue weighted by Gasteiger charge is -2.47. The molecule has 0 spiro atoms. The minimum Gasteiger partial charge on any atom is -0.481 e. The summed E-state index contributed by atoms with van der Waals surface area (Å²) < 4.78 is 22.6. The summed E-state index contributed by atoms with van der Waals surface area (Å²) in [6, 6.07) is 0.343. The van der Waals surface area contributed by atoms with E-state index in [1.54, 1.807) is 6.92 Å². The molecule has 5 nitrogen and oxygen atoms in total. The zero-order valence-electron chi connectivity index (χ0n) is 10.0. The number of sulfone groups is 1. The minimum atomic E-state index is -2.80. The maximum atomic E-state index is 11.3. The zero-order chi connectivity index (χ0) is 12.6. The lowest BCUT2D eigenvalue weighted by molar-refractivity contribution is -0.146. The summed E-state index contributed by atoms with van der Waals surface area (Å²) in [6.45, 7) is 3.35. The van der Waals surface area contributed by atoms with Crippen molar-refractivity contribution >= 4 is 15.8 Å².